The summed E-state index contributed by atoms with van der Waals surface area (Å²) >= 11 is 8.42. The number of halogens is 1. The highest BCUT2D eigenvalue weighted by molar-refractivity contribution is 9.10. The summed E-state index contributed by atoms with van der Waals surface area (Å²) in [4.78, 5) is 0.320. The molecule has 0 saturated carbocycles. The standard InChI is InChI=1S/C13H18BrNO2S/c1-9(2)8-16-6-7-17-11-5-3-4-10(14)12(11)13(15)18/h3-5,9H,6-8H2,1-2H3,(H2,15,18). The first-order chi connectivity index (χ1) is 8.52. The summed E-state index contributed by atoms with van der Waals surface area (Å²) in [7, 11) is 0. The minimum atomic E-state index is 0.320. The Balaban J connectivity index is 2.52. The van der Waals surface area contributed by atoms with E-state index >= 15 is 0 Å². The maximum Gasteiger partial charge on any atom is 0.130 e. The van der Waals surface area contributed by atoms with Crippen molar-refractivity contribution in [2.45, 2.75) is 13.8 Å². The molecule has 3 nitrogen and oxygen atoms in total. The van der Waals surface area contributed by atoms with Gasteiger partial charge in [0, 0.05) is 11.1 Å². The Bertz CT molecular complexity index is 410. The lowest BCUT2D eigenvalue weighted by Gasteiger charge is -2.12. The molecule has 5 heteroatoms. The molecule has 0 bridgehead atoms. The number of benzene rings is 1. The molecule has 0 saturated heterocycles. The van der Waals surface area contributed by atoms with E-state index in [0.717, 1.165) is 16.6 Å². The molecule has 0 aliphatic rings. The van der Waals surface area contributed by atoms with Crippen LogP contribution >= 0.6 is 28.1 Å². The Morgan fingerprint density at radius 2 is 2.11 bits per heavy atom. The van der Waals surface area contributed by atoms with Gasteiger partial charge in [-0.05, 0) is 34.0 Å². The van der Waals surface area contributed by atoms with E-state index in [4.69, 9.17) is 27.4 Å². The van der Waals surface area contributed by atoms with Crippen LogP contribution in [0.25, 0.3) is 0 Å². The fourth-order valence-corrected chi connectivity index (χ4v) is 2.30. The Labute approximate surface area is 122 Å². The average molecular weight is 332 g/mol. The lowest BCUT2D eigenvalue weighted by Crippen LogP contribution is -2.15. The van der Waals surface area contributed by atoms with Crippen molar-refractivity contribution < 1.29 is 9.47 Å². The van der Waals surface area contributed by atoms with Crippen molar-refractivity contribution in [2.24, 2.45) is 11.7 Å². The average Bonchev–Trinajstić information content (AvgIpc) is 2.27. The molecular weight excluding hydrogens is 314 g/mol. The van der Waals surface area contributed by atoms with E-state index in [1.54, 1.807) is 0 Å². The zero-order chi connectivity index (χ0) is 13.5. The Morgan fingerprint density at radius 1 is 1.39 bits per heavy atom. The second-order valence-corrected chi connectivity index (χ2v) is 5.59. The summed E-state index contributed by atoms with van der Waals surface area (Å²) in [6, 6.07) is 5.62. The third kappa shape index (κ3) is 4.92. The zero-order valence-electron chi connectivity index (χ0n) is 10.6. The summed E-state index contributed by atoms with van der Waals surface area (Å²) < 4.78 is 11.9. The first-order valence-corrected chi connectivity index (χ1v) is 7.01. The van der Waals surface area contributed by atoms with Gasteiger partial charge in [-0.2, -0.15) is 0 Å². The van der Waals surface area contributed by atoms with Crippen LogP contribution in [0.4, 0.5) is 0 Å². The molecule has 0 aromatic heterocycles. The number of ether oxygens (including phenoxy) is 2. The highest BCUT2D eigenvalue weighted by Gasteiger charge is 2.10. The molecule has 0 atom stereocenters. The molecule has 2 N–H and O–H groups in total. The van der Waals surface area contributed by atoms with Crippen LogP contribution in [-0.4, -0.2) is 24.8 Å². The molecule has 0 fully saturated rings. The van der Waals surface area contributed by atoms with Crippen molar-refractivity contribution in [3.8, 4) is 5.75 Å². The monoisotopic (exact) mass is 331 g/mol. The Hall–Kier alpha value is -0.650. The molecule has 1 aromatic rings. The summed E-state index contributed by atoms with van der Waals surface area (Å²) in [5.74, 6) is 1.22. The molecule has 0 radical (unpaired) electrons. The van der Waals surface area contributed by atoms with Gasteiger partial charge in [-0.1, -0.05) is 32.1 Å². The van der Waals surface area contributed by atoms with Crippen molar-refractivity contribution in [2.75, 3.05) is 19.8 Å². The second-order valence-electron chi connectivity index (χ2n) is 4.29. The van der Waals surface area contributed by atoms with Crippen molar-refractivity contribution in [3.63, 3.8) is 0 Å². The predicted octanol–water partition coefficient (Wildman–Crippen LogP) is 3.13. The van der Waals surface area contributed by atoms with E-state index in [-0.39, 0.29) is 0 Å². The van der Waals surface area contributed by atoms with Gasteiger partial charge in [-0.25, -0.2) is 0 Å². The van der Waals surface area contributed by atoms with Gasteiger partial charge in [0.2, 0.25) is 0 Å². The van der Waals surface area contributed by atoms with Crippen molar-refractivity contribution in [1.29, 1.82) is 0 Å². The minimum Gasteiger partial charge on any atom is -0.490 e. The van der Waals surface area contributed by atoms with E-state index < -0.39 is 0 Å². The van der Waals surface area contributed by atoms with Crippen molar-refractivity contribution in [1.82, 2.24) is 0 Å². The molecule has 0 heterocycles. The molecule has 0 aliphatic carbocycles. The van der Waals surface area contributed by atoms with Crippen LogP contribution in [0.15, 0.2) is 22.7 Å². The number of thiocarbonyl (C=S) groups is 1. The highest BCUT2D eigenvalue weighted by Crippen LogP contribution is 2.26. The molecule has 0 amide bonds. The molecular formula is C13H18BrNO2S. The maximum atomic E-state index is 5.68. The third-order valence-corrected chi connectivity index (χ3v) is 3.02. The van der Waals surface area contributed by atoms with Crippen molar-refractivity contribution in [3.05, 3.63) is 28.2 Å². The van der Waals surface area contributed by atoms with Gasteiger partial charge in [0.05, 0.1) is 12.2 Å². The van der Waals surface area contributed by atoms with E-state index in [2.05, 4.69) is 29.8 Å². The summed E-state index contributed by atoms with van der Waals surface area (Å²) in [5, 5.41) is 0. The largest absolute Gasteiger partial charge is 0.490 e. The first-order valence-electron chi connectivity index (χ1n) is 5.81. The predicted molar refractivity (Wildman–Crippen MR) is 81.2 cm³/mol. The fourth-order valence-electron chi connectivity index (χ4n) is 1.39. The Morgan fingerprint density at radius 3 is 2.72 bits per heavy atom. The van der Waals surface area contributed by atoms with Gasteiger partial charge in [-0.15, -0.1) is 0 Å². The van der Waals surface area contributed by atoms with Crippen LogP contribution in [0, 0.1) is 5.92 Å². The number of hydrogen-bond acceptors (Lipinski definition) is 3. The first kappa shape index (κ1) is 15.4. The number of rotatable bonds is 7. The Kier molecular flexibility index (Phi) is 6.60. The fraction of sp³-hybridized carbons (Fsp3) is 0.462. The van der Waals surface area contributed by atoms with Crippen molar-refractivity contribution >= 4 is 33.1 Å². The normalized spacial score (nSPS) is 10.7. The lowest BCUT2D eigenvalue weighted by atomic mass is 10.2. The van der Waals surface area contributed by atoms with E-state index in [1.807, 2.05) is 18.2 Å². The van der Waals surface area contributed by atoms with E-state index in [0.29, 0.717) is 29.9 Å². The van der Waals surface area contributed by atoms with Gasteiger partial charge in [-0.3, -0.25) is 0 Å². The molecule has 0 spiro atoms. The molecule has 1 aromatic carbocycles. The van der Waals surface area contributed by atoms with Gasteiger partial charge in [0.15, 0.2) is 0 Å². The third-order valence-electron chi connectivity index (χ3n) is 2.16. The molecule has 0 unspecified atom stereocenters. The van der Waals surface area contributed by atoms with Crippen LogP contribution in [0.1, 0.15) is 19.4 Å². The molecule has 18 heavy (non-hydrogen) atoms. The summed E-state index contributed by atoms with van der Waals surface area (Å²) in [6.45, 7) is 6.00. The minimum absolute atomic E-state index is 0.320. The molecule has 0 aliphatic heterocycles. The SMILES string of the molecule is CC(C)COCCOc1cccc(Br)c1C(N)=S. The van der Waals surface area contributed by atoms with E-state index in [1.165, 1.54) is 0 Å². The zero-order valence-corrected chi connectivity index (χ0v) is 13.0. The summed E-state index contributed by atoms with van der Waals surface area (Å²) in [6.07, 6.45) is 0. The number of nitrogens with two attached hydrogens (primary N) is 1. The van der Waals surface area contributed by atoms with Gasteiger partial charge < -0.3 is 15.2 Å². The van der Waals surface area contributed by atoms with Crippen LogP contribution in [-0.2, 0) is 4.74 Å². The van der Waals surface area contributed by atoms with Crippen LogP contribution in [0.5, 0.6) is 5.75 Å². The van der Waals surface area contributed by atoms with Gasteiger partial charge in [0.25, 0.3) is 0 Å². The second kappa shape index (κ2) is 7.71. The maximum absolute atomic E-state index is 5.68. The number of hydrogen-bond donors (Lipinski definition) is 1. The van der Waals surface area contributed by atoms with Crippen LogP contribution < -0.4 is 10.5 Å². The molecule has 1 rings (SSSR count). The van der Waals surface area contributed by atoms with Crippen LogP contribution in [0.3, 0.4) is 0 Å². The quantitative estimate of drug-likeness (QED) is 0.615. The highest BCUT2D eigenvalue weighted by atomic mass is 79.9. The van der Waals surface area contributed by atoms with Gasteiger partial charge in [0.1, 0.15) is 17.3 Å². The molecule has 100 valence electrons. The van der Waals surface area contributed by atoms with Gasteiger partial charge >= 0.3 is 0 Å². The smallest absolute Gasteiger partial charge is 0.130 e. The van der Waals surface area contributed by atoms with E-state index in [9.17, 15) is 0 Å². The van der Waals surface area contributed by atoms with Crippen LogP contribution in [0.2, 0.25) is 0 Å². The summed E-state index contributed by atoms with van der Waals surface area (Å²) in [5.41, 5.74) is 6.41. The lowest BCUT2D eigenvalue weighted by molar-refractivity contribution is 0.0818. The topological polar surface area (TPSA) is 44.5 Å².